The quantitative estimate of drug-likeness (QED) is 0.723. The van der Waals surface area contributed by atoms with E-state index < -0.39 is 5.82 Å². The lowest BCUT2D eigenvalue weighted by molar-refractivity contribution is 0.479. The summed E-state index contributed by atoms with van der Waals surface area (Å²) < 4.78 is 14.8. The van der Waals surface area contributed by atoms with Gasteiger partial charge in [-0.1, -0.05) is 28.1 Å². The Morgan fingerprint density at radius 1 is 1.18 bits per heavy atom. The van der Waals surface area contributed by atoms with Crippen molar-refractivity contribution in [1.82, 2.24) is 4.98 Å². The van der Waals surface area contributed by atoms with E-state index in [0.29, 0.717) is 22.9 Å². The van der Waals surface area contributed by atoms with E-state index in [1.807, 2.05) is 24.3 Å². The maximum atomic E-state index is 13.8. The average molecular weight is 362 g/mol. The number of phenols is 1. The first-order valence-corrected chi connectivity index (χ1v) is 7.54. The number of hydrogen-bond donors (Lipinski definition) is 2. The molecule has 5 heteroatoms. The fraction of sp³-hybridized carbons (Fsp3) is 0.118. The van der Waals surface area contributed by atoms with E-state index >= 15 is 0 Å². The van der Waals surface area contributed by atoms with Gasteiger partial charge in [-0.25, -0.2) is 4.39 Å². The number of fused-ring (bicyclic) bond motifs is 1. The number of aryl methyl sites for hydroxylation is 1. The summed E-state index contributed by atoms with van der Waals surface area (Å²) in [6.07, 6.45) is 0.417. The molecule has 1 heterocycles. The normalized spacial score (nSPS) is 11.0. The highest BCUT2D eigenvalue weighted by molar-refractivity contribution is 9.10. The molecule has 0 aliphatic carbocycles. The molecule has 1 aromatic heterocycles. The van der Waals surface area contributed by atoms with Crippen molar-refractivity contribution in [2.75, 3.05) is 0 Å². The fourth-order valence-corrected chi connectivity index (χ4v) is 2.86. The molecule has 3 aromatic rings. The van der Waals surface area contributed by atoms with E-state index in [0.717, 1.165) is 16.1 Å². The van der Waals surface area contributed by atoms with Gasteiger partial charge in [0.15, 0.2) is 0 Å². The molecule has 2 N–H and O–H groups in total. The van der Waals surface area contributed by atoms with Gasteiger partial charge in [0.25, 0.3) is 5.56 Å². The first-order chi connectivity index (χ1) is 10.5. The Balaban J connectivity index is 2.20. The Morgan fingerprint density at radius 2 is 1.86 bits per heavy atom. The van der Waals surface area contributed by atoms with Crippen LogP contribution < -0.4 is 5.56 Å². The fourth-order valence-electron chi connectivity index (χ4n) is 2.60. The summed E-state index contributed by atoms with van der Waals surface area (Å²) in [5.74, 6) is -0.592. The maximum absolute atomic E-state index is 13.8. The van der Waals surface area contributed by atoms with Crippen LogP contribution in [0.4, 0.5) is 4.39 Å². The van der Waals surface area contributed by atoms with E-state index in [4.69, 9.17) is 0 Å². The molecule has 0 saturated carbocycles. The van der Waals surface area contributed by atoms with Crippen LogP contribution in [0.25, 0.3) is 10.9 Å². The minimum Gasteiger partial charge on any atom is -0.507 e. The highest BCUT2D eigenvalue weighted by Gasteiger charge is 2.15. The Bertz CT molecular complexity index is 917. The molecular formula is C17H13BrFNO2. The van der Waals surface area contributed by atoms with Crippen molar-refractivity contribution in [1.29, 1.82) is 0 Å². The number of aromatic amines is 1. The van der Waals surface area contributed by atoms with E-state index in [2.05, 4.69) is 20.9 Å². The van der Waals surface area contributed by atoms with Crippen molar-refractivity contribution in [2.45, 2.75) is 13.3 Å². The summed E-state index contributed by atoms with van der Waals surface area (Å²) >= 11 is 3.37. The van der Waals surface area contributed by atoms with Gasteiger partial charge < -0.3 is 10.1 Å². The van der Waals surface area contributed by atoms with Crippen LogP contribution in [-0.2, 0) is 6.42 Å². The molecule has 0 aliphatic rings. The van der Waals surface area contributed by atoms with Crippen molar-refractivity contribution >= 4 is 26.8 Å². The number of halogens is 2. The molecule has 112 valence electrons. The van der Waals surface area contributed by atoms with Gasteiger partial charge in [-0.2, -0.15) is 0 Å². The molecule has 3 nitrogen and oxygen atoms in total. The molecule has 3 rings (SSSR count). The monoisotopic (exact) mass is 361 g/mol. The molecule has 0 spiro atoms. The van der Waals surface area contributed by atoms with Crippen LogP contribution >= 0.6 is 15.9 Å². The van der Waals surface area contributed by atoms with E-state index in [9.17, 15) is 14.3 Å². The number of phenolic OH excluding ortho intramolecular Hbond substituents is 1. The third-order valence-corrected chi connectivity index (χ3v) is 4.30. The molecule has 0 aliphatic heterocycles. The van der Waals surface area contributed by atoms with Crippen LogP contribution in [-0.4, -0.2) is 10.1 Å². The Morgan fingerprint density at radius 3 is 2.55 bits per heavy atom. The lowest BCUT2D eigenvalue weighted by Crippen LogP contribution is -2.16. The summed E-state index contributed by atoms with van der Waals surface area (Å²) in [6.45, 7) is 1.73. The Labute approximate surface area is 134 Å². The lowest BCUT2D eigenvalue weighted by atomic mass is 9.98. The van der Waals surface area contributed by atoms with Gasteiger partial charge in [-0.3, -0.25) is 4.79 Å². The van der Waals surface area contributed by atoms with Crippen LogP contribution in [0, 0.1) is 12.7 Å². The van der Waals surface area contributed by atoms with Gasteiger partial charge in [0.1, 0.15) is 11.6 Å². The molecule has 22 heavy (non-hydrogen) atoms. The zero-order valence-electron chi connectivity index (χ0n) is 11.8. The van der Waals surface area contributed by atoms with Gasteiger partial charge in [-0.15, -0.1) is 0 Å². The van der Waals surface area contributed by atoms with Crippen molar-refractivity contribution in [3.8, 4) is 5.75 Å². The van der Waals surface area contributed by atoms with Crippen LogP contribution in [0.15, 0.2) is 45.7 Å². The van der Waals surface area contributed by atoms with Gasteiger partial charge in [0.05, 0.1) is 5.52 Å². The standard InChI is InChI=1S/C17H13BrFNO2/c1-9-12(8-10-2-4-11(18)5-3-10)17(22)20-16-13(19)6-7-14(21)15(9)16/h2-7,21H,8H2,1H3,(H,20,22). The SMILES string of the molecule is Cc1c(Cc2ccc(Br)cc2)c(=O)[nH]c2c(F)ccc(O)c12. The largest absolute Gasteiger partial charge is 0.507 e. The van der Waals surface area contributed by atoms with Crippen molar-refractivity contribution in [3.63, 3.8) is 0 Å². The van der Waals surface area contributed by atoms with Crippen LogP contribution in [0.3, 0.4) is 0 Å². The highest BCUT2D eigenvalue weighted by Crippen LogP contribution is 2.29. The summed E-state index contributed by atoms with van der Waals surface area (Å²) in [6, 6.07) is 10.1. The van der Waals surface area contributed by atoms with Gasteiger partial charge in [-0.05, 0) is 42.3 Å². The molecule has 0 atom stereocenters. The van der Waals surface area contributed by atoms with Crippen LogP contribution in [0.2, 0.25) is 0 Å². The first-order valence-electron chi connectivity index (χ1n) is 6.74. The summed E-state index contributed by atoms with van der Waals surface area (Å²) in [5.41, 5.74) is 1.79. The van der Waals surface area contributed by atoms with Crippen LogP contribution in [0.1, 0.15) is 16.7 Å². The zero-order valence-corrected chi connectivity index (χ0v) is 13.4. The number of nitrogens with one attached hydrogen (secondary N) is 1. The van der Waals surface area contributed by atoms with Gasteiger partial charge in [0.2, 0.25) is 0 Å². The van der Waals surface area contributed by atoms with Gasteiger partial charge >= 0.3 is 0 Å². The number of benzene rings is 2. The van der Waals surface area contributed by atoms with Crippen molar-refractivity contribution in [3.05, 3.63) is 73.7 Å². The van der Waals surface area contributed by atoms with Gasteiger partial charge in [0, 0.05) is 21.8 Å². The zero-order chi connectivity index (χ0) is 15.9. The van der Waals surface area contributed by atoms with E-state index in [1.165, 1.54) is 6.07 Å². The predicted octanol–water partition coefficient (Wildman–Crippen LogP) is 4.03. The molecular weight excluding hydrogens is 349 g/mol. The van der Waals surface area contributed by atoms with Crippen molar-refractivity contribution < 1.29 is 9.50 Å². The molecule has 2 aromatic carbocycles. The van der Waals surface area contributed by atoms with Crippen molar-refractivity contribution in [2.24, 2.45) is 0 Å². The minimum absolute atomic E-state index is 0.0396. The number of hydrogen-bond acceptors (Lipinski definition) is 2. The number of pyridine rings is 1. The second kappa shape index (κ2) is 5.57. The second-order valence-electron chi connectivity index (χ2n) is 5.18. The third-order valence-electron chi connectivity index (χ3n) is 3.77. The number of rotatable bonds is 2. The summed E-state index contributed by atoms with van der Waals surface area (Å²) in [7, 11) is 0. The van der Waals surface area contributed by atoms with E-state index in [-0.39, 0.29) is 16.8 Å². The maximum Gasteiger partial charge on any atom is 0.252 e. The first kappa shape index (κ1) is 14.8. The number of aromatic nitrogens is 1. The molecule has 0 amide bonds. The molecule has 0 unspecified atom stereocenters. The molecule has 0 radical (unpaired) electrons. The smallest absolute Gasteiger partial charge is 0.252 e. The highest BCUT2D eigenvalue weighted by atomic mass is 79.9. The predicted molar refractivity (Wildman–Crippen MR) is 87.9 cm³/mol. The summed E-state index contributed by atoms with van der Waals surface area (Å²) in [4.78, 5) is 14.8. The molecule has 0 bridgehead atoms. The van der Waals surface area contributed by atoms with Crippen LogP contribution in [0.5, 0.6) is 5.75 Å². The third kappa shape index (κ3) is 2.52. The van der Waals surface area contributed by atoms with E-state index in [1.54, 1.807) is 6.92 Å². The minimum atomic E-state index is -0.553. The second-order valence-corrected chi connectivity index (χ2v) is 6.09. The number of aromatic hydroxyl groups is 1. The average Bonchev–Trinajstić information content (AvgIpc) is 2.49. The lowest BCUT2D eigenvalue weighted by Gasteiger charge is -2.11. The topological polar surface area (TPSA) is 53.1 Å². The molecule has 0 saturated heterocycles. The Hall–Kier alpha value is -2.14. The molecule has 0 fully saturated rings. The number of H-pyrrole nitrogens is 1. The Kier molecular flexibility index (Phi) is 3.74. The summed E-state index contributed by atoms with van der Waals surface area (Å²) in [5, 5.41) is 10.4.